The average molecular weight is 473 g/mol. The number of anilines is 1. The summed E-state index contributed by atoms with van der Waals surface area (Å²) in [5.41, 5.74) is 6.26. The minimum atomic E-state index is -4.66. The third-order valence-electron chi connectivity index (χ3n) is 5.18. The Bertz CT molecular complexity index is 1170. The van der Waals surface area contributed by atoms with Crippen LogP contribution in [-0.2, 0) is 11.0 Å². The van der Waals surface area contributed by atoms with Crippen molar-refractivity contribution in [3.05, 3.63) is 53.9 Å². The molecule has 0 saturated carbocycles. The Kier molecular flexibility index (Phi) is 7.38. The van der Waals surface area contributed by atoms with E-state index in [9.17, 15) is 18.0 Å². The molecule has 0 aliphatic heterocycles. The fourth-order valence-electron chi connectivity index (χ4n) is 3.58. The SMILES string of the molecule is CCN(CC)C(=O)[C@H](C)Oc1nc(N)nc(-c2ccccc2)c1-c1cc(C)nc(C(F)(F)F)c1. The molecule has 0 unspecified atom stereocenters. The molecule has 1 amide bonds. The minimum Gasteiger partial charge on any atom is -0.464 e. The third-order valence-corrected chi connectivity index (χ3v) is 5.18. The fourth-order valence-corrected chi connectivity index (χ4v) is 3.58. The van der Waals surface area contributed by atoms with E-state index in [1.54, 1.807) is 42.2 Å². The first-order valence-corrected chi connectivity index (χ1v) is 10.8. The Morgan fingerprint density at radius 3 is 2.29 bits per heavy atom. The molecule has 0 bridgehead atoms. The van der Waals surface area contributed by atoms with Crippen LogP contribution in [0.4, 0.5) is 19.1 Å². The number of hydrogen-bond acceptors (Lipinski definition) is 6. The van der Waals surface area contributed by atoms with Gasteiger partial charge in [0.25, 0.3) is 5.91 Å². The van der Waals surface area contributed by atoms with Crippen molar-refractivity contribution in [3.63, 3.8) is 0 Å². The van der Waals surface area contributed by atoms with E-state index in [4.69, 9.17) is 10.5 Å². The van der Waals surface area contributed by atoms with Gasteiger partial charge in [-0.2, -0.15) is 18.2 Å². The number of nitrogen functional groups attached to an aromatic ring is 1. The topological polar surface area (TPSA) is 94.2 Å². The maximum absolute atomic E-state index is 13.5. The molecule has 0 aliphatic carbocycles. The van der Waals surface area contributed by atoms with E-state index in [0.717, 1.165) is 6.07 Å². The first-order chi connectivity index (χ1) is 16.0. The van der Waals surface area contributed by atoms with Crippen LogP contribution in [0.15, 0.2) is 42.5 Å². The highest BCUT2D eigenvalue weighted by molar-refractivity contribution is 5.86. The number of ether oxygens (including phenoxy) is 1. The molecule has 0 spiro atoms. The molecule has 2 heterocycles. The summed E-state index contributed by atoms with van der Waals surface area (Å²) in [6, 6.07) is 11.2. The predicted octanol–water partition coefficient (Wildman–Crippen LogP) is 4.75. The number of halogens is 3. The number of amides is 1. The Balaban J connectivity index is 2.24. The van der Waals surface area contributed by atoms with Crippen LogP contribution >= 0.6 is 0 Å². The van der Waals surface area contributed by atoms with Crippen molar-refractivity contribution in [2.24, 2.45) is 0 Å². The van der Waals surface area contributed by atoms with E-state index in [2.05, 4.69) is 15.0 Å². The summed E-state index contributed by atoms with van der Waals surface area (Å²) in [4.78, 5) is 26.5. The number of likely N-dealkylation sites (N-methyl/N-ethyl adjacent to an activating group) is 1. The molecule has 3 aromatic rings. The number of rotatable bonds is 7. The van der Waals surface area contributed by atoms with Gasteiger partial charge >= 0.3 is 6.18 Å². The van der Waals surface area contributed by atoms with Gasteiger partial charge in [-0.15, -0.1) is 0 Å². The molecule has 0 aliphatic rings. The molecule has 34 heavy (non-hydrogen) atoms. The van der Waals surface area contributed by atoms with Crippen molar-refractivity contribution >= 4 is 11.9 Å². The lowest BCUT2D eigenvalue weighted by atomic mass is 9.99. The molecule has 0 fully saturated rings. The molecule has 0 saturated heterocycles. The third kappa shape index (κ3) is 5.44. The fraction of sp³-hybridized carbons (Fsp3) is 0.333. The molecule has 180 valence electrons. The number of alkyl halides is 3. The highest BCUT2D eigenvalue weighted by Gasteiger charge is 2.34. The number of aromatic nitrogens is 3. The van der Waals surface area contributed by atoms with Crippen LogP contribution in [0.5, 0.6) is 5.88 Å². The van der Waals surface area contributed by atoms with Gasteiger partial charge in [-0.1, -0.05) is 30.3 Å². The zero-order valence-corrected chi connectivity index (χ0v) is 19.3. The van der Waals surface area contributed by atoms with Crippen molar-refractivity contribution in [1.29, 1.82) is 0 Å². The smallest absolute Gasteiger partial charge is 0.433 e. The molecule has 7 nitrogen and oxygen atoms in total. The van der Waals surface area contributed by atoms with Gasteiger partial charge < -0.3 is 15.4 Å². The first-order valence-electron chi connectivity index (χ1n) is 10.8. The Morgan fingerprint density at radius 1 is 1.06 bits per heavy atom. The first kappa shape index (κ1) is 24.9. The molecule has 1 atom stereocenters. The number of benzene rings is 1. The summed E-state index contributed by atoms with van der Waals surface area (Å²) in [5, 5.41) is 0. The number of carbonyl (C=O) groups is 1. The standard InChI is InChI=1S/C24H26F3N5O2/c1-5-32(6-2)22(33)15(4)34-21-19(17-12-14(3)29-18(13-17)24(25,26)27)20(30-23(28)31-21)16-10-8-7-9-11-16/h7-13,15H,5-6H2,1-4H3,(H2,28,30,31)/t15-/m0/s1. The van der Waals surface area contributed by atoms with Gasteiger partial charge in [-0.05, 0) is 45.4 Å². The molecule has 2 aromatic heterocycles. The number of nitrogens with zero attached hydrogens (tertiary/aromatic N) is 4. The second-order valence-electron chi connectivity index (χ2n) is 7.63. The Hall–Kier alpha value is -3.69. The average Bonchev–Trinajstić information content (AvgIpc) is 2.79. The number of aryl methyl sites for hydroxylation is 1. The maximum Gasteiger partial charge on any atom is 0.433 e. The second-order valence-corrected chi connectivity index (χ2v) is 7.63. The molecule has 1 aromatic carbocycles. The zero-order valence-electron chi connectivity index (χ0n) is 19.3. The van der Waals surface area contributed by atoms with Crippen molar-refractivity contribution in [3.8, 4) is 28.3 Å². The van der Waals surface area contributed by atoms with Crippen LogP contribution < -0.4 is 10.5 Å². The van der Waals surface area contributed by atoms with E-state index < -0.39 is 18.0 Å². The zero-order chi connectivity index (χ0) is 25.0. The lowest BCUT2D eigenvalue weighted by Gasteiger charge is -2.24. The van der Waals surface area contributed by atoms with Gasteiger partial charge in [0.15, 0.2) is 6.10 Å². The number of hydrogen-bond donors (Lipinski definition) is 1. The molecule has 3 rings (SSSR count). The highest BCUT2D eigenvalue weighted by Crippen LogP contribution is 2.40. The monoisotopic (exact) mass is 473 g/mol. The molecular weight excluding hydrogens is 447 g/mol. The Morgan fingerprint density at radius 2 is 1.71 bits per heavy atom. The largest absolute Gasteiger partial charge is 0.464 e. The van der Waals surface area contributed by atoms with E-state index >= 15 is 0 Å². The predicted molar refractivity (Wildman–Crippen MR) is 123 cm³/mol. The van der Waals surface area contributed by atoms with Gasteiger partial charge in [0, 0.05) is 24.3 Å². The van der Waals surface area contributed by atoms with Crippen molar-refractivity contribution in [1.82, 2.24) is 19.9 Å². The van der Waals surface area contributed by atoms with E-state index in [1.165, 1.54) is 13.0 Å². The van der Waals surface area contributed by atoms with Crippen LogP contribution in [-0.4, -0.2) is 45.0 Å². The normalized spacial score (nSPS) is 12.3. The number of pyridine rings is 1. The highest BCUT2D eigenvalue weighted by atomic mass is 19.4. The lowest BCUT2D eigenvalue weighted by molar-refractivity contribution is -0.141. The van der Waals surface area contributed by atoms with Crippen molar-refractivity contribution in [2.45, 2.75) is 40.0 Å². The lowest BCUT2D eigenvalue weighted by Crippen LogP contribution is -2.40. The van der Waals surface area contributed by atoms with Gasteiger partial charge in [0.05, 0.1) is 11.3 Å². The number of carbonyl (C=O) groups excluding carboxylic acids is 1. The number of nitrogens with two attached hydrogens (primary N) is 1. The summed E-state index contributed by atoms with van der Waals surface area (Å²) in [6.07, 6.45) is -5.61. The second kappa shape index (κ2) is 10.1. The Labute approximate surface area is 195 Å². The summed E-state index contributed by atoms with van der Waals surface area (Å²) < 4.78 is 46.5. The van der Waals surface area contributed by atoms with E-state index in [1.807, 2.05) is 13.8 Å². The maximum atomic E-state index is 13.5. The van der Waals surface area contributed by atoms with Gasteiger partial charge in [-0.25, -0.2) is 9.97 Å². The molecule has 2 N–H and O–H groups in total. The van der Waals surface area contributed by atoms with Crippen molar-refractivity contribution < 1.29 is 22.7 Å². The molecule has 0 radical (unpaired) electrons. The van der Waals surface area contributed by atoms with Crippen molar-refractivity contribution in [2.75, 3.05) is 18.8 Å². The quantitative estimate of drug-likeness (QED) is 0.532. The molecule has 10 heteroatoms. The van der Waals surface area contributed by atoms with Crippen LogP contribution in [0.3, 0.4) is 0 Å². The van der Waals surface area contributed by atoms with Gasteiger partial charge in [-0.3, -0.25) is 4.79 Å². The van der Waals surface area contributed by atoms with E-state index in [-0.39, 0.29) is 40.3 Å². The van der Waals surface area contributed by atoms with Crippen LogP contribution in [0.25, 0.3) is 22.4 Å². The summed E-state index contributed by atoms with van der Waals surface area (Å²) in [6.45, 7) is 7.67. The summed E-state index contributed by atoms with van der Waals surface area (Å²) in [7, 11) is 0. The summed E-state index contributed by atoms with van der Waals surface area (Å²) in [5.74, 6) is -0.503. The van der Waals surface area contributed by atoms with Crippen LogP contribution in [0, 0.1) is 6.92 Å². The van der Waals surface area contributed by atoms with Gasteiger partial charge in [0.2, 0.25) is 11.8 Å². The van der Waals surface area contributed by atoms with Gasteiger partial charge in [0.1, 0.15) is 5.69 Å². The van der Waals surface area contributed by atoms with Crippen LogP contribution in [0.2, 0.25) is 0 Å². The van der Waals surface area contributed by atoms with Crippen LogP contribution in [0.1, 0.15) is 32.2 Å². The minimum absolute atomic E-state index is 0.0851. The molecular formula is C24H26F3N5O2. The van der Waals surface area contributed by atoms with E-state index in [0.29, 0.717) is 18.7 Å². The summed E-state index contributed by atoms with van der Waals surface area (Å²) >= 11 is 0.